The van der Waals surface area contributed by atoms with Crippen LogP contribution in [0.2, 0.25) is 5.02 Å². The molecule has 3 N–H and O–H groups in total. The lowest BCUT2D eigenvalue weighted by Gasteiger charge is -2.27. The number of benzene rings is 1. The van der Waals surface area contributed by atoms with Crippen molar-refractivity contribution in [2.45, 2.75) is 19.0 Å². The van der Waals surface area contributed by atoms with E-state index in [1.54, 1.807) is 0 Å². The largest absolute Gasteiger partial charge is 0.369 e. The molecular formula is C13H18ClN3O. The van der Waals surface area contributed by atoms with Crippen molar-refractivity contribution in [2.24, 2.45) is 5.73 Å². The van der Waals surface area contributed by atoms with Gasteiger partial charge in [-0.3, -0.25) is 9.69 Å². The van der Waals surface area contributed by atoms with E-state index in [1.165, 1.54) is 0 Å². The standard InChI is InChI=1S/C13H18ClN3O/c14-11-3-1-10(2-4-11)8-17(9-13(15)18)12-5-6-16-7-12/h1-4,12,16H,5-9H2,(H2,15,18)/t12-/m1/s1. The highest BCUT2D eigenvalue weighted by Crippen LogP contribution is 2.15. The minimum atomic E-state index is -0.282. The van der Waals surface area contributed by atoms with Crippen LogP contribution in [0.4, 0.5) is 0 Å². The Bertz CT molecular complexity index is 401. The fraction of sp³-hybridized carbons (Fsp3) is 0.462. The van der Waals surface area contributed by atoms with Gasteiger partial charge in [-0.1, -0.05) is 23.7 Å². The summed E-state index contributed by atoms with van der Waals surface area (Å²) in [5.41, 5.74) is 6.46. The number of hydrogen-bond donors (Lipinski definition) is 2. The Kier molecular flexibility index (Phi) is 4.58. The maximum Gasteiger partial charge on any atom is 0.231 e. The van der Waals surface area contributed by atoms with Crippen LogP contribution in [0, 0.1) is 0 Å². The van der Waals surface area contributed by atoms with Gasteiger partial charge in [0.1, 0.15) is 0 Å². The Hall–Kier alpha value is -1.10. The van der Waals surface area contributed by atoms with Crippen LogP contribution in [0.3, 0.4) is 0 Å². The smallest absolute Gasteiger partial charge is 0.231 e. The number of amides is 1. The van der Waals surface area contributed by atoms with Gasteiger partial charge >= 0.3 is 0 Å². The predicted octanol–water partition coefficient (Wildman–Crippen LogP) is 0.989. The SMILES string of the molecule is NC(=O)CN(Cc1ccc(Cl)cc1)[C@@H]1CCNC1. The molecule has 1 aromatic carbocycles. The summed E-state index contributed by atoms with van der Waals surface area (Å²) in [6.45, 7) is 2.95. The first-order chi connectivity index (χ1) is 8.65. The van der Waals surface area contributed by atoms with Crippen molar-refractivity contribution in [1.82, 2.24) is 10.2 Å². The summed E-state index contributed by atoms with van der Waals surface area (Å²) in [5, 5.41) is 4.03. The molecule has 4 nitrogen and oxygen atoms in total. The average Bonchev–Trinajstić information content (AvgIpc) is 2.84. The first kappa shape index (κ1) is 13.3. The van der Waals surface area contributed by atoms with Gasteiger partial charge in [0.05, 0.1) is 6.54 Å². The van der Waals surface area contributed by atoms with Gasteiger partial charge in [-0.15, -0.1) is 0 Å². The van der Waals surface area contributed by atoms with Gasteiger partial charge in [0.25, 0.3) is 0 Å². The van der Waals surface area contributed by atoms with Crippen molar-refractivity contribution in [3.8, 4) is 0 Å². The van der Waals surface area contributed by atoms with Crippen LogP contribution in [0.15, 0.2) is 24.3 Å². The van der Waals surface area contributed by atoms with Crippen LogP contribution in [0.25, 0.3) is 0 Å². The fourth-order valence-electron chi connectivity index (χ4n) is 2.29. The number of rotatable bonds is 5. The van der Waals surface area contributed by atoms with E-state index in [2.05, 4.69) is 10.2 Å². The Morgan fingerprint density at radius 3 is 2.72 bits per heavy atom. The predicted molar refractivity (Wildman–Crippen MR) is 72.3 cm³/mol. The quantitative estimate of drug-likeness (QED) is 0.837. The molecule has 98 valence electrons. The van der Waals surface area contributed by atoms with E-state index in [4.69, 9.17) is 17.3 Å². The molecule has 1 aliphatic rings. The second-order valence-corrected chi connectivity index (χ2v) is 5.08. The second kappa shape index (κ2) is 6.18. The highest BCUT2D eigenvalue weighted by atomic mass is 35.5. The Morgan fingerprint density at radius 1 is 1.44 bits per heavy atom. The third kappa shape index (κ3) is 3.70. The van der Waals surface area contributed by atoms with E-state index < -0.39 is 0 Å². The molecular weight excluding hydrogens is 250 g/mol. The zero-order chi connectivity index (χ0) is 13.0. The lowest BCUT2D eigenvalue weighted by molar-refractivity contribution is -0.119. The van der Waals surface area contributed by atoms with Gasteiger partial charge in [-0.2, -0.15) is 0 Å². The van der Waals surface area contributed by atoms with Crippen LogP contribution in [-0.4, -0.2) is 36.5 Å². The maximum atomic E-state index is 11.1. The van der Waals surface area contributed by atoms with E-state index >= 15 is 0 Å². The van der Waals surface area contributed by atoms with Crippen molar-refractivity contribution >= 4 is 17.5 Å². The summed E-state index contributed by atoms with van der Waals surface area (Å²) in [6, 6.07) is 8.09. The highest BCUT2D eigenvalue weighted by Gasteiger charge is 2.23. The summed E-state index contributed by atoms with van der Waals surface area (Å²) >= 11 is 5.86. The number of carbonyl (C=O) groups excluding carboxylic acids is 1. The lowest BCUT2D eigenvalue weighted by atomic mass is 10.1. The zero-order valence-corrected chi connectivity index (χ0v) is 11.0. The second-order valence-electron chi connectivity index (χ2n) is 4.64. The van der Waals surface area contributed by atoms with Crippen molar-refractivity contribution in [1.29, 1.82) is 0 Å². The molecule has 0 unspecified atom stereocenters. The van der Waals surface area contributed by atoms with Gasteiger partial charge in [-0.25, -0.2) is 0 Å². The number of nitrogens with zero attached hydrogens (tertiary/aromatic N) is 1. The summed E-state index contributed by atoms with van der Waals surface area (Å²) in [6.07, 6.45) is 1.06. The molecule has 0 saturated carbocycles. The van der Waals surface area contributed by atoms with E-state index in [0.717, 1.165) is 36.6 Å². The third-order valence-corrected chi connectivity index (χ3v) is 3.46. The molecule has 1 fully saturated rings. The number of nitrogens with one attached hydrogen (secondary N) is 1. The minimum Gasteiger partial charge on any atom is -0.369 e. The van der Waals surface area contributed by atoms with Gasteiger partial charge in [0, 0.05) is 24.2 Å². The molecule has 0 radical (unpaired) electrons. The fourth-order valence-corrected chi connectivity index (χ4v) is 2.42. The average molecular weight is 268 g/mol. The summed E-state index contributed by atoms with van der Waals surface area (Å²) in [5.74, 6) is -0.282. The molecule has 0 aliphatic carbocycles. The molecule has 1 aromatic rings. The number of hydrogen-bond acceptors (Lipinski definition) is 3. The number of nitrogens with two attached hydrogens (primary N) is 1. The maximum absolute atomic E-state index is 11.1. The molecule has 1 aliphatic heterocycles. The minimum absolute atomic E-state index is 0.282. The normalized spacial score (nSPS) is 19.3. The van der Waals surface area contributed by atoms with Gasteiger partial charge in [0.15, 0.2) is 0 Å². The molecule has 18 heavy (non-hydrogen) atoms. The van der Waals surface area contributed by atoms with Crippen LogP contribution in [0.5, 0.6) is 0 Å². The number of primary amides is 1. The Morgan fingerprint density at radius 2 is 2.17 bits per heavy atom. The van der Waals surface area contributed by atoms with E-state index in [1.807, 2.05) is 24.3 Å². The first-order valence-electron chi connectivity index (χ1n) is 6.12. The van der Waals surface area contributed by atoms with E-state index in [0.29, 0.717) is 12.6 Å². The highest BCUT2D eigenvalue weighted by molar-refractivity contribution is 6.30. The van der Waals surface area contributed by atoms with Crippen molar-refractivity contribution in [3.05, 3.63) is 34.9 Å². The molecule has 5 heteroatoms. The molecule has 1 heterocycles. The molecule has 0 bridgehead atoms. The van der Waals surface area contributed by atoms with Crippen molar-refractivity contribution in [2.75, 3.05) is 19.6 Å². The molecule has 1 atom stereocenters. The van der Waals surface area contributed by atoms with Crippen molar-refractivity contribution < 1.29 is 4.79 Å². The number of halogens is 1. The monoisotopic (exact) mass is 267 g/mol. The van der Waals surface area contributed by atoms with Crippen LogP contribution >= 0.6 is 11.6 Å². The van der Waals surface area contributed by atoms with E-state index in [9.17, 15) is 4.79 Å². The summed E-state index contributed by atoms with van der Waals surface area (Å²) in [4.78, 5) is 13.3. The van der Waals surface area contributed by atoms with Crippen LogP contribution < -0.4 is 11.1 Å². The van der Waals surface area contributed by atoms with E-state index in [-0.39, 0.29) is 5.91 Å². The first-order valence-corrected chi connectivity index (χ1v) is 6.50. The molecule has 0 spiro atoms. The Balaban J connectivity index is 2.03. The summed E-state index contributed by atoms with van der Waals surface area (Å²) < 4.78 is 0. The van der Waals surface area contributed by atoms with Crippen molar-refractivity contribution in [3.63, 3.8) is 0 Å². The zero-order valence-electron chi connectivity index (χ0n) is 10.2. The van der Waals surface area contributed by atoms with Crippen LogP contribution in [-0.2, 0) is 11.3 Å². The summed E-state index contributed by atoms with van der Waals surface area (Å²) in [7, 11) is 0. The van der Waals surface area contributed by atoms with Gasteiger partial charge in [-0.05, 0) is 30.7 Å². The Labute approximate surface area is 112 Å². The number of carbonyl (C=O) groups is 1. The topological polar surface area (TPSA) is 58.4 Å². The lowest BCUT2D eigenvalue weighted by Crippen LogP contribution is -2.41. The molecule has 1 amide bonds. The molecule has 0 aromatic heterocycles. The molecule has 2 rings (SSSR count). The molecule has 1 saturated heterocycles. The van der Waals surface area contributed by atoms with Gasteiger partial charge < -0.3 is 11.1 Å². The van der Waals surface area contributed by atoms with Gasteiger partial charge in [0.2, 0.25) is 5.91 Å². The van der Waals surface area contributed by atoms with Crippen LogP contribution in [0.1, 0.15) is 12.0 Å². The third-order valence-electron chi connectivity index (χ3n) is 3.21.